The Balaban J connectivity index is 2.42. The van der Waals surface area contributed by atoms with E-state index in [1.165, 1.54) is 11.3 Å². The zero-order valence-corrected chi connectivity index (χ0v) is 10.7. The van der Waals surface area contributed by atoms with Gasteiger partial charge in [-0.1, -0.05) is 11.8 Å². The predicted octanol–water partition coefficient (Wildman–Crippen LogP) is 1.30. The second-order valence-corrected chi connectivity index (χ2v) is 4.74. The average molecular weight is 252 g/mol. The minimum absolute atomic E-state index is 0.129. The van der Waals surface area contributed by atoms with Crippen molar-refractivity contribution in [2.24, 2.45) is 0 Å². The summed E-state index contributed by atoms with van der Waals surface area (Å²) in [6, 6.07) is 1.86. The van der Waals surface area contributed by atoms with Crippen molar-refractivity contribution in [3.63, 3.8) is 0 Å². The first-order chi connectivity index (χ1) is 8.11. The van der Waals surface area contributed by atoms with Gasteiger partial charge in [0.05, 0.1) is 6.54 Å². The fourth-order valence-electron chi connectivity index (χ4n) is 1.16. The molecule has 1 rings (SSSR count). The van der Waals surface area contributed by atoms with E-state index in [0.29, 0.717) is 6.54 Å². The van der Waals surface area contributed by atoms with Gasteiger partial charge in [0, 0.05) is 21.9 Å². The fraction of sp³-hybridized carbons (Fsp3) is 0.417. The van der Waals surface area contributed by atoms with Gasteiger partial charge in [-0.15, -0.1) is 11.3 Å². The van der Waals surface area contributed by atoms with Crippen molar-refractivity contribution in [1.29, 1.82) is 0 Å². The van der Waals surface area contributed by atoms with Crippen LogP contribution in [0.5, 0.6) is 0 Å². The molecule has 0 aliphatic rings. The van der Waals surface area contributed by atoms with Crippen molar-refractivity contribution in [1.82, 2.24) is 10.6 Å². The summed E-state index contributed by atoms with van der Waals surface area (Å²) in [5, 5.41) is 16.0. The molecule has 0 atom stereocenters. The summed E-state index contributed by atoms with van der Waals surface area (Å²) in [5.41, 5.74) is 0.866. The zero-order chi connectivity index (χ0) is 12.7. The fourth-order valence-corrected chi connectivity index (χ4v) is 1.92. The summed E-state index contributed by atoms with van der Waals surface area (Å²) in [5.74, 6) is 5.40. The molecule has 0 saturated heterocycles. The largest absolute Gasteiger partial charge is 0.384 e. The molecule has 3 N–H and O–H groups in total. The first kappa shape index (κ1) is 13.6. The lowest BCUT2D eigenvalue weighted by Gasteiger charge is -2.08. The van der Waals surface area contributed by atoms with Crippen LogP contribution in [0.4, 0.5) is 4.79 Å². The Labute approximate surface area is 105 Å². The van der Waals surface area contributed by atoms with E-state index in [2.05, 4.69) is 22.5 Å². The SMILES string of the molecule is CC(C)NC(=O)NCc1cc(C#CCO)cs1. The summed E-state index contributed by atoms with van der Waals surface area (Å²) in [6.45, 7) is 4.17. The number of urea groups is 1. The maximum atomic E-state index is 11.3. The van der Waals surface area contributed by atoms with Crippen LogP contribution in [0.25, 0.3) is 0 Å². The molecule has 2 amide bonds. The van der Waals surface area contributed by atoms with Crippen molar-refractivity contribution in [2.75, 3.05) is 6.61 Å². The molecule has 0 fully saturated rings. The van der Waals surface area contributed by atoms with Crippen LogP contribution >= 0.6 is 11.3 Å². The van der Waals surface area contributed by atoms with Crippen molar-refractivity contribution >= 4 is 17.4 Å². The summed E-state index contributed by atoms with van der Waals surface area (Å²) < 4.78 is 0. The Morgan fingerprint density at radius 3 is 3.00 bits per heavy atom. The standard InChI is InChI=1S/C12H16N2O2S/c1-9(2)14-12(16)13-7-11-6-10(8-17-11)4-3-5-15/h6,8-9,15H,5,7H2,1-2H3,(H2,13,14,16). The third-order valence-corrected chi connectivity index (χ3v) is 2.75. The molecular weight excluding hydrogens is 236 g/mol. The molecule has 0 saturated carbocycles. The van der Waals surface area contributed by atoms with Crippen LogP contribution in [-0.4, -0.2) is 23.8 Å². The number of rotatable bonds is 3. The number of hydrogen-bond acceptors (Lipinski definition) is 3. The maximum Gasteiger partial charge on any atom is 0.315 e. The molecule has 5 heteroatoms. The van der Waals surface area contributed by atoms with E-state index in [1.807, 2.05) is 25.3 Å². The smallest absolute Gasteiger partial charge is 0.315 e. The summed E-state index contributed by atoms with van der Waals surface area (Å²) in [4.78, 5) is 12.4. The Bertz CT molecular complexity index is 429. The van der Waals surface area contributed by atoms with Crippen molar-refractivity contribution in [3.05, 3.63) is 21.9 Å². The second kappa shape index (κ2) is 6.94. The van der Waals surface area contributed by atoms with Crippen molar-refractivity contribution in [2.45, 2.75) is 26.4 Å². The Morgan fingerprint density at radius 1 is 1.59 bits per heavy atom. The minimum atomic E-state index is -0.170. The van der Waals surface area contributed by atoms with Gasteiger partial charge in [-0.05, 0) is 19.9 Å². The number of carbonyl (C=O) groups is 1. The van der Waals surface area contributed by atoms with Crippen molar-refractivity contribution in [3.8, 4) is 11.8 Å². The molecule has 92 valence electrons. The van der Waals surface area contributed by atoms with Crippen LogP contribution in [0.15, 0.2) is 11.4 Å². The first-order valence-electron chi connectivity index (χ1n) is 5.33. The third-order valence-electron chi connectivity index (χ3n) is 1.81. The normalized spacial score (nSPS) is 9.65. The highest BCUT2D eigenvalue weighted by atomic mass is 32.1. The molecule has 0 aromatic carbocycles. The number of carbonyl (C=O) groups excluding carboxylic acids is 1. The molecule has 4 nitrogen and oxygen atoms in total. The molecule has 0 unspecified atom stereocenters. The van der Waals surface area contributed by atoms with E-state index in [1.54, 1.807) is 0 Å². The molecular formula is C12H16N2O2S. The molecule has 17 heavy (non-hydrogen) atoms. The van der Waals surface area contributed by atoms with Gasteiger partial charge in [-0.25, -0.2) is 4.79 Å². The lowest BCUT2D eigenvalue weighted by atomic mass is 10.3. The van der Waals surface area contributed by atoms with E-state index < -0.39 is 0 Å². The lowest BCUT2D eigenvalue weighted by Crippen LogP contribution is -2.38. The van der Waals surface area contributed by atoms with E-state index in [0.717, 1.165) is 10.4 Å². The highest BCUT2D eigenvalue weighted by Crippen LogP contribution is 2.13. The molecule has 1 heterocycles. The molecule has 0 radical (unpaired) electrons. The van der Waals surface area contributed by atoms with Gasteiger partial charge in [0.1, 0.15) is 6.61 Å². The van der Waals surface area contributed by atoms with Gasteiger partial charge < -0.3 is 15.7 Å². The van der Waals surface area contributed by atoms with E-state index in [9.17, 15) is 4.79 Å². The van der Waals surface area contributed by atoms with Gasteiger partial charge in [0.2, 0.25) is 0 Å². The summed E-state index contributed by atoms with van der Waals surface area (Å²) in [7, 11) is 0. The second-order valence-electron chi connectivity index (χ2n) is 3.74. The Hall–Kier alpha value is -1.51. The number of aliphatic hydroxyl groups excluding tert-OH is 1. The van der Waals surface area contributed by atoms with Crippen LogP contribution in [0.2, 0.25) is 0 Å². The maximum absolute atomic E-state index is 11.3. The van der Waals surface area contributed by atoms with Crippen LogP contribution < -0.4 is 10.6 Å². The quantitative estimate of drug-likeness (QED) is 0.710. The van der Waals surface area contributed by atoms with Gasteiger partial charge in [-0.2, -0.15) is 0 Å². The molecule has 0 aliphatic heterocycles. The lowest BCUT2D eigenvalue weighted by molar-refractivity contribution is 0.238. The number of amides is 2. The average Bonchev–Trinajstić information content (AvgIpc) is 2.70. The van der Waals surface area contributed by atoms with E-state index in [-0.39, 0.29) is 18.7 Å². The highest BCUT2D eigenvalue weighted by Gasteiger charge is 2.03. The van der Waals surface area contributed by atoms with Gasteiger partial charge >= 0.3 is 6.03 Å². The van der Waals surface area contributed by atoms with Crippen LogP contribution in [-0.2, 0) is 6.54 Å². The molecule has 0 aliphatic carbocycles. The first-order valence-corrected chi connectivity index (χ1v) is 6.21. The highest BCUT2D eigenvalue weighted by molar-refractivity contribution is 7.10. The minimum Gasteiger partial charge on any atom is -0.384 e. The zero-order valence-electron chi connectivity index (χ0n) is 9.91. The molecule has 1 aromatic rings. The summed E-state index contributed by atoms with van der Waals surface area (Å²) in [6.07, 6.45) is 0. The molecule has 1 aromatic heterocycles. The van der Waals surface area contributed by atoms with Crippen LogP contribution in [0, 0.1) is 11.8 Å². The Kier molecular flexibility index (Phi) is 5.53. The number of hydrogen-bond donors (Lipinski definition) is 3. The van der Waals surface area contributed by atoms with Crippen LogP contribution in [0.3, 0.4) is 0 Å². The van der Waals surface area contributed by atoms with Gasteiger partial charge in [-0.3, -0.25) is 0 Å². The van der Waals surface area contributed by atoms with E-state index >= 15 is 0 Å². The van der Waals surface area contributed by atoms with Gasteiger partial charge in [0.15, 0.2) is 0 Å². The Morgan fingerprint density at radius 2 is 2.35 bits per heavy atom. The number of thiophene rings is 1. The predicted molar refractivity (Wildman–Crippen MR) is 68.8 cm³/mol. The van der Waals surface area contributed by atoms with Gasteiger partial charge in [0.25, 0.3) is 0 Å². The summed E-state index contributed by atoms with van der Waals surface area (Å²) >= 11 is 1.53. The number of aliphatic hydroxyl groups is 1. The third kappa shape index (κ3) is 5.38. The van der Waals surface area contributed by atoms with E-state index in [4.69, 9.17) is 5.11 Å². The van der Waals surface area contributed by atoms with Crippen molar-refractivity contribution < 1.29 is 9.90 Å². The van der Waals surface area contributed by atoms with Crippen LogP contribution in [0.1, 0.15) is 24.3 Å². The molecule has 0 bridgehead atoms. The molecule has 0 spiro atoms. The topological polar surface area (TPSA) is 61.4 Å². The monoisotopic (exact) mass is 252 g/mol. The number of nitrogens with one attached hydrogen (secondary N) is 2.